The Bertz CT molecular complexity index is 468. The van der Waals surface area contributed by atoms with Crippen LogP contribution in [0.1, 0.15) is 41.6 Å². The summed E-state index contributed by atoms with van der Waals surface area (Å²) in [7, 11) is 0. The Labute approximate surface area is 120 Å². The predicted molar refractivity (Wildman–Crippen MR) is 79.1 cm³/mol. The van der Waals surface area contributed by atoms with Crippen molar-refractivity contribution < 1.29 is 9.53 Å². The van der Waals surface area contributed by atoms with Gasteiger partial charge in [0.2, 0.25) is 0 Å². The van der Waals surface area contributed by atoms with Crippen molar-refractivity contribution >= 4 is 5.78 Å². The van der Waals surface area contributed by atoms with E-state index in [2.05, 4.69) is 4.90 Å². The summed E-state index contributed by atoms with van der Waals surface area (Å²) < 4.78 is 5.81. The number of hydrogen-bond donors (Lipinski definition) is 0. The van der Waals surface area contributed by atoms with Crippen LogP contribution in [0.5, 0.6) is 0 Å². The SMILES string of the molecule is Cc1ccc(C(=O)CCN2CCOC3CCCC32)cc1. The fraction of sp³-hybridized carbons (Fsp3) is 0.588. The molecule has 1 aliphatic carbocycles. The highest BCUT2D eigenvalue weighted by atomic mass is 16.5. The van der Waals surface area contributed by atoms with Crippen molar-refractivity contribution in [1.82, 2.24) is 4.90 Å². The number of hydrogen-bond acceptors (Lipinski definition) is 3. The first kappa shape index (κ1) is 13.8. The van der Waals surface area contributed by atoms with Gasteiger partial charge in [0.05, 0.1) is 12.7 Å². The molecule has 0 aromatic heterocycles. The third kappa shape index (κ3) is 2.94. The number of carbonyl (C=O) groups is 1. The minimum Gasteiger partial charge on any atom is -0.375 e. The normalized spacial score (nSPS) is 26.4. The van der Waals surface area contributed by atoms with Crippen molar-refractivity contribution in [2.75, 3.05) is 19.7 Å². The lowest BCUT2D eigenvalue weighted by Crippen LogP contribution is -2.49. The molecule has 20 heavy (non-hydrogen) atoms. The van der Waals surface area contributed by atoms with Crippen LogP contribution in [0.3, 0.4) is 0 Å². The minimum absolute atomic E-state index is 0.256. The second-order valence-corrected chi connectivity index (χ2v) is 5.98. The highest BCUT2D eigenvalue weighted by Gasteiger charge is 2.35. The monoisotopic (exact) mass is 273 g/mol. The van der Waals surface area contributed by atoms with E-state index in [4.69, 9.17) is 4.74 Å². The summed E-state index contributed by atoms with van der Waals surface area (Å²) >= 11 is 0. The molecule has 1 aromatic rings. The Kier molecular flexibility index (Phi) is 4.18. The molecule has 0 amide bonds. The molecule has 3 heteroatoms. The van der Waals surface area contributed by atoms with Crippen molar-refractivity contribution in [3.63, 3.8) is 0 Å². The maximum atomic E-state index is 12.2. The topological polar surface area (TPSA) is 29.5 Å². The molecule has 2 aliphatic rings. The van der Waals surface area contributed by atoms with Gasteiger partial charge in [-0.05, 0) is 26.2 Å². The number of aryl methyl sites for hydroxylation is 1. The van der Waals surface area contributed by atoms with Gasteiger partial charge in [-0.25, -0.2) is 0 Å². The van der Waals surface area contributed by atoms with Crippen molar-refractivity contribution in [2.45, 2.75) is 44.8 Å². The maximum absolute atomic E-state index is 12.2. The Morgan fingerprint density at radius 2 is 2.10 bits per heavy atom. The molecule has 1 saturated heterocycles. The number of nitrogens with zero attached hydrogens (tertiary/aromatic N) is 1. The highest BCUT2D eigenvalue weighted by molar-refractivity contribution is 5.96. The third-order valence-corrected chi connectivity index (χ3v) is 4.60. The first-order valence-corrected chi connectivity index (χ1v) is 7.69. The Morgan fingerprint density at radius 3 is 2.90 bits per heavy atom. The average Bonchev–Trinajstić information content (AvgIpc) is 2.94. The smallest absolute Gasteiger partial charge is 0.164 e. The van der Waals surface area contributed by atoms with Crippen molar-refractivity contribution in [1.29, 1.82) is 0 Å². The summed E-state index contributed by atoms with van der Waals surface area (Å²) in [5, 5.41) is 0. The molecular formula is C17H23NO2. The zero-order valence-electron chi connectivity index (χ0n) is 12.2. The molecule has 2 atom stereocenters. The van der Waals surface area contributed by atoms with Crippen LogP contribution in [0.2, 0.25) is 0 Å². The highest BCUT2D eigenvalue weighted by Crippen LogP contribution is 2.29. The molecule has 0 spiro atoms. The van der Waals surface area contributed by atoms with E-state index in [1.807, 2.05) is 31.2 Å². The largest absolute Gasteiger partial charge is 0.375 e. The lowest BCUT2D eigenvalue weighted by molar-refractivity contribution is -0.0550. The molecule has 1 saturated carbocycles. The molecule has 0 N–H and O–H groups in total. The Balaban J connectivity index is 1.56. The van der Waals surface area contributed by atoms with Crippen LogP contribution in [0.25, 0.3) is 0 Å². The number of ketones is 1. The number of fused-ring (bicyclic) bond motifs is 1. The molecule has 2 fully saturated rings. The number of rotatable bonds is 4. The van der Waals surface area contributed by atoms with Gasteiger partial charge in [-0.3, -0.25) is 9.69 Å². The van der Waals surface area contributed by atoms with Crippen LogP contribution in [0, 0.1) is 6.92 Å². The Morgan fingerprint density at radius 1 is 1.30 bits per heavy atom. The van der Waals surface area contributed by atoms with Crippen LogP contribution < -0.4 is 0 Å². The standard InChI is InChI=1S/C17H23NO2/c1-13-5-7-14(8-6-13)16(19)9-10-18-11-12-20-17-4-2-3-15(17)18/h5-8,15,17H,2-4,9-12H2,1H3. The third-order valence-electron chi connectivity index (χ3n) is 4.60. The van der Waals surface area contributed by atoms with Gasteiger partial charge >= 0.3 is 0 Å². The summed E-state index contributed by atoms with van der Waals surface area (Å²) in [6.45, 7) is 4.71. The van der Waals surface area contributed by atoms with E-state index in [1.165, 1.54) is 24.8 Å². The van der Waals surface area contributed by atoms with Gasteiger partial charge in [0.25, 0.3) is 0 Å². The van der Waals surface area contributed by atoms with Crippen LogP contribution in [0.15, 0.2) is 24.3 Å². The lowest BCUT2D eigenvalue weighted by Gasteiger charge is -2.37. The molecule has 0 radical (unpaired) electrons. The molecule has 3 rings (SSSR count). The predicted octanol–water partition coefficient (Wildman–Crippen LogP) is 2.82. The summed E-state index contributed by atoms with van der Waals surface area (Å²) in [5.41, 5.74) is 2.04. The fourth-order valence-corrected chi connectivity index (χ4v) is 3.41. The van der Waals surface area contributed by atoms with E-state index in [0.29, 0.717) is 18.6 Å². The van der Waals surface area contributed by atoms with Crippen molar-refractivity contribution in [3.05, 3.63) is 35.4 Å². The van der Waals surface area contributed by atoms with E-state index < -0.39 is 0 Å². The number of carbonyl (C=O) groups excluding carboxylic acids is 1. The second kappa shape index (κ2) is 6.06. The molecule has 1 heterocycles. The molecule has 108 valence electrons. The van der Waals surface area contributed by atoms with Gasteiger partial charge in [0.15, 0.2) is 5.78 Å². The van der Waals surface area contributed by atoms with E-state index >= 15 is 0 Å². The van der Waals surface area contributed by atoms with E-state index in [-0.39, 0.29) is 5.78 Å². The molecular weight excluding hydrogens is 250 g/mol. The average molecular weight is 273 g/mol. The zero-order valence-corrected chi connectivity index (χ0v) is 12.2. The van der Waals surface area contributed by atoms with E-state index in [1.54, 1.807) is 0 Å². The molecule has 1 aliphatic heterocycles. The molecule has 2 unspecified atom stereocenters. The fourth-order valence-electron chi connectivity index (χ4n) is 3.41. The van der Waals surface area contributed by atoms with Gasteiger partial charge in [0.1, 0.15) is 0 Å². The molecule has 0 bridgehead atoms. The number of Topliss-reactive ketones (excluding diaryl/α,β-unsaturated/α-hetero) is 1. The van der Waals surface area contributed by atoms with Gasteiger partial charge < -0.3 is 4.74 Å². The first-order chi connectivity index (χ1) is 9.74. The second-order valence-electron chi connectivity index (χ2n) is 5.98. The van der Waals surface area contributed by atoms with E-state index in [0.717, 1.165) is 25.3 Å². The summed E-state index contributed by atoms with van der Waals surface area (Å²) in [5.74, 6) is 0.256. The van der Waals surface area contributed by atoms with Crippen molar-refractivity contribution in [2.24, 2.45) is 0 Å². The summed E-state index contributed by atoms with van der Waals surface area (Å²) in [6.07, 6.45) is 4.71. The van der Waals surface area contributed by atoms with Crippen LogP contribution in [-0.4, -0.2) is 42.5 Å². The first-order valence-electron chi connectivity index (χ1n) is 7.69. The summed E-state index contributed by atoms with van der Waals surface area (Å²) in [6, 6.07) is 8.45. The van der Waals surface area contributed by atoms with Gasteiger partial charge in [-0.1, -0.05) is 29.8 Å². The van der Waals surface area contributed by atoms with Crippen LogP contribution in [-0.2, 0) is 4.74 Å². The lowest BCUT2D eigenvalue weighted by atomic mass is 10.0. The molecule has 1 aromatic carbocycles. The van der Waals surface area contributed by atoms with Crippen molar-refractivity contribution in [3.8, 4) is 0 Å². The Hall–Kier alpha value is -1.19. The molecule has 3 nitrogen and oxygen atoms in total. The zero-order chi connectivity index (χ0) is 13.9. The maximum Gasteiger partial charge on any atom is 0.164 e. The van der Waals surface area contributed by atoms with Crippen LogP contribution in [0.4, 0.5) is 0 Å². The quantitative estimate of drug-likeness (QED) is 0.790. The van der Waals surface area contributed by atoms with Gasteiger partial charge in [0, 0.05) is 31.1 Å². The minimum atomic E-state index is 0.256. The van der Waals surface area contributed by atoms with Gasteiger partial charge in [-0.2, -0.15) is 0 Å². The van der Waals surface area contributed by atoms with Gasteiger partial charge in [-0.15, -0.1) is 0 Å². The number of benzene rings is 1. The summed E-state index contributed by atoms with van der Waals surface area (Å²) in [4.78, 5) is 14.7. The van der Waals surface area contributed by atoms with Crippen LogP contribution >= 0.6 is 0 Å². The number of morpholine rings is 1. The van der Waals surface area contributed by atoms with E-state index in [9.17, 15) is 4.79 Å². The number of ether oxygens (including phenoxy) is 1.